The number of nitrogens with two attached hydrogens (primary N) is 1. The largest absolute Gasteiger partial charge is 0.494 e. The molecule has 1 atom stereocenters. The lowest BCUT2D eigenvalue weighted by Gasteiger charge is -2.12. The van der Waals surface area contributed by atoms with Crippen molar-refractivity contribution in [3.05, 3.63) is 24.3 Å². The van der Waals surface area contributed by atoms with E-state index in [2.05, 4.69) is 15.5 Å². The van der Waals surface area contributed by atoms with E-state index < -0.39 is 0 Å². The first-order valence-corrected chi connectivity index (χ1v) is 8.88. The van der Waals surface area contributed by atoms with Crippen LogP contribution in [-0.2, 0) is 9.53 Å². The number of rotatable bonds is 9. The number of carbonyl (C=O) groups is 1. The minimum Gasteiger partial charge on any atom is -0.494 e. The molecule has 0 saturated heterocycles. The van der Waals surface area contributed by atoms with E-state index in [-0.39, 0.29) is 17.7 Å². The molecule has 0 unspecified atom stereocenters. The second-order valence-corrected chi connectivity index (χ2v) is 6.29. The second-order valence-electron chi connectivity index (χ2n) is 5.35. The van der Waals surface area contributed by atoms with Crippen LogP contribution < -0.4 is 15.9 Å². The van der Waals surface area contributed by atoms with E-state index in [1.54, 1.807) is 7.11 Å². The van der Waals surface area contributed by atoms with Crippen LogP contribution in [0.2, 0.25) is 0 Å². The number of thioether (sulfide) groups is 1. The van der Waals surface area contributed by atoms with Crippen LogP contribution in [0.25, 0.3) is 11.4 Å². The van der Waals surface area contributed by atoms with Gasteiger partial charge in [0.25, 0.3) is 0 Å². The van der Waals surface area contributed by atoms with Crippen molar-refractivity contribution in [2.45, 2.75) is 25.0 Å². The molecule has 0 fully saturated rings. The number of nitrogen functional groups attached to an aromatic ring is 1. The highest BCUT2D eigenvalue weighted by Gasteiger charge is 2.14. The third-order valence-corrected chi connectivity index (χ3v) is 4.19. The number of methoxy groups -OCH3 is 1. The fourth-order valence-electron chi connectivity index (χ4n) is 2.18. The van der Waals surface area contributed by atoms with Gasteiger partial charge in [0.15, 0.2) is 5.82 Å². The van der Waals surface area contributed by atoms with Crippen molar-refractivity contribution >= 4 is 17.7 Å². The first-order valence-electron chi connectivity index (χ1n) is 7.90. The Hall–Kier alpha value is -2.26. The topological polar surface area (TPSA) is 104 Å². The zero-order chi connectivity index (χ0) is 18.2. The zero-order valence-electron chi connectivity index (χ0n) is 14.6. The van der Waals surface area contributed by atoms with E-state index in [1.807, 2.05) is 38.1 Å². The minimum atomic E-state index is -0.111. The quantitative estimate of drug-likeness (QED) is 0.510. The van der Waals surface area contributed by atoms with Crippen LogP contribution in [-0.4, -0.2) is 52.9 Å². The van der Waals surface area contributed by atoms with Crippen molar-refractivity contribution in [2.75, 3.05) is 31.9 Å². The smallest absolute Gasteiger partial charge is 0.230 e. The van der Waals surface area contributed by atoms with Gasteiger partial charge in [-0.3, -0.25) is 4.79 Å². The third-order valence-electron chi connectivity index (χ3n) is 3.24. The average Bonchev–Trinajstić information content (AvgIpc) is 2.95. The lowest BCUT2D eigenvalue weighted by atomic mass is 10.2. The highest BCUT2D eigenvalue weighted by molar-refractivity contribution is 7.99. The van der Waals surface area contributed by atoms with Crippen LogP contribution in [0.4, 0.5) is 0 Å². The Bertz CT molecular complexity index is 690. The van der Waals surface area contributed by atoms with Gasteiger partial charge < -0.3 is 20.6 Å². The molecule has 25 heavy (non-hydrogen) atoms. The summed E-state index contributed by atoms with van der Waals surface area (Å²) in [5.74, 6) is 7.45. The van der Waals surface area contributed by atoms with Crippen LogP contribution in [0, 0.1) is 0 Å². The minimum absolute atomic E-state index is 0.0479. The summed E-state index contributed by atoms with van der Waals surface area (Å²) in [5.41, 5.74) is 0.823. The van der Waals surface area contributed by atoms with Crippen molar-refractivity contribution in [1.29, 1.82) is 0 Å². The van der Waals surface area contributed by atoms with E-state index in [0.717, 1.165) is 11.3 Å². The van der Waals surface area contributed by atoms with Crippen molar-refractivity contribution < 1.29 is 14.3 Å². The maximum atomic E-state index is 11.9. The predicted octanol–water partition coefficient (Wildman–Crippen LogP) is 1.30. The van der Waals surface area contributed by atoms with Crippen LogP contribution in [0.5, 0.6) is 5.75 Å². The number of amides is 1. The summed E-state index contributed by atoms with van der Waals surface area (Å²) in [7, 11) is 1.59. The monoisotopic (exact) mass is 365 g/mol. The molecule has 0 aliphatic carbocycles. The van der Waals surface area contributed by atoms with Gasteiger partial charge in [0.1, 0.15) is 5.75 Å². The van der Waals surface area contributed by atoms with E-state index in [0.29, 0.717) is 24.2 Å². The first kappa shape index (κ1) is 19.1. The van der Waals surface area contributed by atoms with E-state index >= 15 is 0 Å². The Morgan fingerprint density at radius 1 is 1.36 bits per heavy atom. The Kier molecular flexibility index (Phi) is 7.08. The van der Waals surface area contributed by atoms with Gasteiger partial charge in [-0.05, 0) is 38.1 Å². The lowest BCUT2D eigenvalue weighted by Crippen LogP contribution is -2.36. The summed E-state index contributed by atoms with van der Waals surface area (Å²) in [6.45, 7) is 4.88. The van der Waals surface area contributed by atoms with Crippen LogP contribution in [0.1, 0.15) is 13.8 Å². The molecule has 0 aliphatic rings. The number of nitrogens with zero attached hydrogens (tertiary/aromatic N) is 3. The number of aromatic nitrogens is 3. The number of nitrogens with one attached hydrogen (secondary N) is 1. The van der Waals surface area contributed by atoms with Crippen molar-refractivity contribution in [1.82, 2.24) is 20.2 Å². The Balaban J connectivity index is 1.97. The molecule has 0 saturated carbocycles. The zero-order valence-corrected chi connectivity index (χ0v) is 15.4. The standard InChI is InChI=1S/C16H23N5O3S/c1-4-24-13-7-5-12(6-8-13)15-19-20-16(21(15)17)25-10-14(22)18-11(2)9-23-3/h5-8,11H,4,9-10,17H2,1-3H3,(H,18,22)/t11-/m1/s1. The third kappa shape index (κ3) is 5.36. The summed E-state index contributed by atoms with van der Waals surface area (Å²) >= 11 is 1.23. The summed E-state index contributed by atoms with van der Waals surface area (Å²) in [5, 5.41) is 11.5. The number of hydrogen-bond donors (Lipinski definition) is 2. The van der Waals surface area contributed by atoms with E-state index in [1.165, 1.54) is 16.4 Å². The molecule has 1 aromatic carbocycles. The molecule has 2 rings (SSSR count). The summed E-state index contributed by atoms with van der Waals surface area (Å²) in [4.78, 5) is 11.9. The Morgan fingerprint density at radius 3 is 2.72 bits per heavy atom. The highest BCUT2D eigenvalue weighted by Crippen LogP contribution is 2.23. The van der Waals surface area contributed by atoms with Crippen molar-refractivity contribution in [3.63, 3.8) is 0 Å². The first-order chi connectivity index (χ1) is 12.0. The molecule has 1 amide bonds. The van der Waals surface area contributed by atoms with Gasteiger partial charge in [-0.15, -0.1) is 10.2 Å². The summed E-state index contributed by atoms with van der Waals surface area (Å²) in [6, 6.07) is 7.39. The maximum absolute atomic E-state index is 11.9. The summed E-state index contributed by atoms with van der Waals surface area (Å²) in [6.07, 6.45) is 0. The molecule has 1 heterocycles. The van der Waals surface area contributed by atoms with Gasteiger partial charge in [0.05, 0.1) is 19.0 Å². The molecular formula is C16H23N5O3S. The highest BCUT2D eigenvalue weighted by atomic mass is 32.2. The van der Waals surface area contributed by atoms with E-state index in [4.69, 9.17) is 15.3 Å². The van der Waals surface area contributed by atoms with Gasteiger partial charge in [-0.2, -0.15) is 0 Å². The molecule has 2 aromatic rings. The number of carbonyl (C=O) groups excluding carboxylic acids is 1. The van der Waals surface area contributed by atoms with Gasteiger partial charge in [0, 0.05) is 18.7 Å². The van der Waals surface area contributed by atoms with Crippen LogP contribution in [0.15, 0.2) is 29.4 Å². The molecule has 0 spiro atoms. The Labute approximate surface area is 151 Å². The molecular weight excluding hydrogens is 342 g/mol. The molecule has 0 bridgehead atoms. The van der Waals surface area contributed by atoms with Crippen molar-refractivity contribution in [2.24, 2.45) is 0 Å². The molecule has 1 aromatic heterocycles. The van der Waals surface area contributed by atoms with E-state index in [9.17, 15) is 4.79 Å². The molecule has 8 nitrogen and oxygen atoms in total. The van der Waals surface area contributed by atoms with Crippen molar-refractivity contribution in [3.8, 4) is 17.1 Å². The maximum Gasteiger partial charge on any atom is 0.230 e. The number of benzene rings is 1. The van der Waals surface area contributed by atoms with Gasteiger partial charge in [-0.1, -0.05) is 11.8 Å². The average molecular weight is 365 g/mol. The molecule has 9 heteroatoms. The Morgan fingerprint density at radius 2 is 2.08 bits per heavy atom. The fraction of sp³-hybridized carbons (Fsp3) is 0.438. The van der Waals surface area contributed by atoms with Crippen LogP contribution >= 0.6 is 11.8 Å². The number of ether oxygens (including phenoxy) is 2. The van der Waals surface area contributed by atoms with Gasteiger partial charge in [-0.25, -0.2) is 4.68 Å². The van der Waals surface area contributed by atoms with Crippen LogP contribution in [0.3, 0.4) is 0 Å². The molecule has 3 N–H and O–H groups in total. The number of hydrogen-bond acceptors (Lipinski definition) is 7. The fourth-order valence-corrected chi connectivity index (χ4v) is 2.85. The summed E-state index contributed by atoms with van der Waals surface area (Å²) < 4.78 is 11.8. The molecule has 0 aliphatic heterocycles. The molecule has 136 valence electrons. The predicted molar refractivity (Wildman–Crippen MR) is 97.0 cm³/mol. The lowest BCUT2D eigenvalue weighted by molar-refractivity contribution is -0.119. The van der Waals surface area contributed by atoms with Gasteiger partial charge >= 0.3 is 0 Å². The second kappa shape index (κ2) is 9.28. The van der Waals surface area contributed by atoms with Gasteiger partial charge in [0.2, 0.25) is 11.1 Å². The molecule has 0 radical (unpaired) electrons. The SMILES string of the molecule is CCOc1ccc(-c2nnc(SCC(=O)N[C@H](C)COC)n2N)cc1. The normalized spacial score (nSPS) is 12.0.